The predicted molar refractivity (Wildman–Crippen MR) is 68.8 cm³/mol. The largest absolute Gasteiger partial charge is 0.508 e. The number of furan rings is 1. The van der Waals surface area contributed by atoms with Gasteiger partial charge in [0.1, 0.15) is 11.5 Å². The summed E-state index contributed by atoms with van der Waals surface area (Å²) in [5, 5.41) is 13.8. The van der Waals surface area contributed by atoms with Crippen molar-refractivity contribution in [2.24, 2.45) is 0 Å². The van der Waals surface area contributed by atoms with Gasteiger partial charge >= 0.3 is 0 Å². The van der Waals surface area contributed by atoms with E-state index in [9.17, 15) is 5.11 Å². The molecule has 0 aliphatic heterocycles. The van der Waals surface area contributed by atoms with Gasteiger partial charge in [-0.25, -0.2) is 0 Å². The van der Waals surface area contributed by atoms with Gasteiger partial charge < -0.3 is 14.0 Å². The van der Waals surface area contributed by atoms with Crippen LogP contribution in [0.1, 0.15) is 5.76 Å². The molecule has 0 saturated carbocycles. The van der Waals surface area contributed by atoms with Crippen LogP contribution in [0.2, 0.25) is 5.02 Å². The van der Waals surface area contributed by atoms with Gasteiger partial charge in [-0.15, -0.1) is 0 Å². The molecule has 0 fully saturated rings. The van der Waals surface area contributed by atoms with E-state index in [1.165, 1.54) is 12.1 Å². The SMILES string of the molecule is Cc1occc1-c1noc(-c2cc(O)ccc2Cl)n1. The second-order valence-electron chi connectivity index (χ2n) is 3.98. The Hall–Kier alpha value is -2.27. The molecule has 0 atom stereocenters. The molecule has 3 rings (SSSR count). The monoisotopic (exact) mass is 276 g/mol. The Balaban J connectivity index is 2.06. The highest BCUT2D eigenvalue weighted by Crippen LogP contribution is 2.31. The number of halogens is 1. The Morgan fingerprint density at radius 1 is 1.21 bits per heavy atom. The molecule has 0 aliphatic carbocycles. The van der Waals surface area contributed by atoms with E-state index in [0.29, 0.717) is 22.2 Å². The van der Waals surface area contributed by atoms with Gasteiger partial charge in [0.05, 0.1) is 22.4 Å². The first-order chi connectivity index (χ1) is 9.15. The topological polar surface area (TPSA) is 72.3 Å². The van der Waals surface area contributed by atoms with Crippen molar-refractivity contribution in [3.05, 3.63) is 41.3 Å². The summed E-state index contributed by atoms with van der Waals surface area (Å²) in [6.45, 7) is 1.81. The van der Waals surface area contributed by atoms with Gasteiger partial charge in [0.2, 0.25) is 5.82 Å². The molecule has 3 aromatic rings. The molecule has 1 N–H and O–H groups in total. The lowest BCUT2D eigenvalue weighted by Gasteiger charge is -1.98. The number of aromatic nitrogens is 2. The molecule has 2 heterocycles. The molecule has 0 saturated heterocycles. The van der Waals surface area contributed by atoms with E-state index in [1.54, 1.807) is 18.4 Å². The van der Waals surface area contributed by atoms with Crippen molar-refractivity contribution in [3.63, 3.8) is 0 Å². The van der Waals surface area contributed by atoms with Gasteiger partial charge in [0.25, 0.3) is 5.89 Å². The molecular formula is C13H9ClN2O3. The number of rotatable bonds is 2. The third-order valence-corrected chi connectivity index (χ3v) is 3.04. The van der Waals surface area contributed by atoms with Crippen molar-refractivity contribution >= 4 is 11.6 Å². The molecule has 0 bridgehead atoms. The lowest BCUT2D eigenvalue weighted by atomic mass is 10.2. The Morgan fingerprint density at radius 2 is 2.05 bits per heavy atom. The maximum Gasteiger partial charge on any atom is 0.259 e. The van der Waals surface area contributed by atoms with Crippen LogP contribution in [0, 0.1) is 6.92 Å². The van der Waals surface area contributed by atoms with Gasteiger partial charge in [0, 0.05) is 0 Å². The van der Waals surface area contributed by atoms with Gasteiger partial charge in [-0.05, 0) is 31.2 Å². The van der Waals surface area contributed by atoms with E-state index < -0.39 is 0 Å². The molecule has 96 valence electrons. The zero-order chi connectivity index (χ0) is 13.4. The van der Waals surface area contributed by atoms with Gasteiger partial charge in [-0.2, -0.15) is 4.98 Å². The average Bonchev–Trinajstić information content (AvgIpc) is 3.00. The van der Waals surface area contributed by atoms with Crippen LogP contribution in [-0.2, 0) is 0 Å². The van der Waals surface area contributed by atoms with E-state index >= 15 is 0 Å². The van der Waals surface area contributed by atoms with Gasteiger partial charge in [0.15, 0.2) is 0 Å². The molecule has 19 heavy (non-hydrogen) atoms. The lowest BCUT2D eigenvalue weighted by molar-refractivity contribution is 0.431. The van der Waals surface area contributed by atoms with Crippen LogP contribution < -0.4 is 0 Å². The van der Waals surface area contributed by atoms with Crippen molar-refractivity contribution in [2.45, 2.75) is 6.92 Å². The van der Waals surface area contributed by atoms with E-state index in [-0.39, 0.29) is 11.6 Å². The molecular weight excluding hydrogens is 268 g/mol. The van der Waals surface area contributed by atoms with E-state index in [2.05, 4.69) is 10.1 Å². The number of phenols is 1. The van der Waals surface area contributed by atoms with Crippen LogP contribution in [-0.4, -0.2) is 15.2 Å². The van der Waals surface area contributed by atoms with Crippen molar-refractivity contribution in [1.82, 2.24) is 10.1 Å². The highest BCUT2D eigenvalue weighted by Gasteiger charge is 2.16. The van der Waals surface area contributed by atoms with Crippen LogP contribution in [0.25, 0.3) is 22.8 Å². The number of hydrogen-bond donors (Lipinski definition) is 1. The average molecular weight is 277 g/mol. The first-order valence-corrected chi connectivity index (χ1v) is 5.90. The summed E-state index contributed by atoms with van der Waals surface area (Å²) in [6.07, 6.45) is 1.56. The third kappa shape index (κ3) is 2.08. The summed E-state index contributed by atoms with van der Waals surface area (Å²) in [5.74, 6) is 1.45. The fourth-order valence-corrected chi connectivity index (χ4v) is 1.93. The number of hydrogen-bond acceptors (Lipinski definition) is 5. The maximum atomic E-state index is 9.47. The summed E-state index contributed by atoms with van der Waals surface area (Å²) in [7, 11) is 0. The minimum absolute atomic E-state index is 0.0821. The molecule has 0 amide bonds. The molecule has 0 radical (unpaired) electrons. The number of phenolic OH excluding ortho intramolecular Hbond substituents is 1. The standard InChI is InChI=1S/C13H9ClN2O3/c1-7-9(4-5-18-7)12-15-13(19-16-12)10-6-8(17)2-3-11(10)14/h2-6,17H,1H3. The van der Waals surface area contributed by atoms with Crippen molar-refractivity contribution in [2.75, 3.05) is 0 Å². The first kappa shape index (κ1) is 11.8. The van der Waals surface area contributed by atoms with Crippen LogP contribution >= 0.6 is 11.6 Å². The number of aromatic hydroxyl groups is 1. The first-order valence-electron chi connectivity index (χ1n) is 5.52. The van der Waals surface area contributed by atoms with Gasteiger partial charge in [-0.1, -0.05) is 16.8 Å². The second-order valence-corrected chi connectivity index (χ2v) is 4.38. The Bertz CT molecular complexity index is 733. The molecule has 2 aromatic heterocycles. The highest BCUT2D eigenvalue weighted by molar-refractivity contribution is 6.33. The predicted octanol–water partition coefficient (Wildman–Crippen LogP) is 3.66. The molecule has 0 unspecified atom stereocenters. The van der Waals surface area contributed by atoms with Crippen LogP contribution in [0.3, 0.4) is 0 Å². The molecule has 0 spiro atoms. The summed E-state index contributed by atoms with van der Waals surface area (Å²) >= 11 is 6.04. The van der Waals surface area contributed by atoms with Crippen molar-refractivity contribution in [3.8, 4) is 28.6 Å². The van der Waals surface area contributed by atoms with Crippen LogP contribution in [0.5, 0.6) is 5.75 Å². The summed E-state index contributed by atoms with van der Waals surface area (Å²) in [6, 6.07) is 6.29. The highest BCUT2D eigenvalue weighted by atomic mass is 35.5. The maximum absolute atomic E-state index is 9.47. The number of nitrogens with zero attached hydrogens (tertiary/aromatic N) is 2. The third-order valence-electron chi connectivity index (χ3n) is 2.71. The minimum atomic E-state index is 0.0821. The lowest BCUT2D eigenvalue weighted by Crippen LogP contribution is -1.82. The van der Waals surface area contributed by atoms with E-state index in [0.717, 1.165) is 5.56 Å². The quantitative estimate of drug-likeness (QED) is 0.773. The number of benzene rings is 1. The fourth-order valence-electron chi connectivity index (χ4n) is 1.74. The van der Waals surface area contributed by atoms with Crippen LogP contribution in [0.4, 0.5) is 0 Å². The summed E-state index contributed by atoms with van der Waals surface area (Å²) < 4.78 is 10.4. The molecule has 1 aromatic carbocycles. The van der Waals surface area contributed by atoms with Gasteiger partial charge in [-0.3, -0.25) is 0 Å². The molecule has 5 nitrogen and oxygen atoms in total. The number of aryl methyl sites for hydroxylation is 1. The Morgan fingerprint density at radius 3 is 2.79 bits per heavy atom. The van der Waals surface area contributed by atoms with E-state index in [1.807, 2.05) is 6.92 Å². The summed E-state index contributed by atoms with van der Waals surface area (Å²) in [5.41, 5.74) is 1.24. The Labute approximate surface area is 113 Å². The van der Waals surface area contributed by atoms with Crippen LogP contribution in [0.15, 0.2) is 39.5 Å². The Kier molecular flexibility index (Phi) is 2.76. The fraction of sp³-hybridized carbons (Fsp3) is 0.0769. The van der Waals surface area contributed by atoms with E-state index in [4.69, 9.17) is 20.5 Å². The minimum Gasteiger partial charge on any atom is -0.508 e. The normalized spacial score (nSPS) is 10.8. The summed E-state index contributed by atoms with van der Waals surface area (Å²) in [4.78, 5) is 4.25. The second kappa shape index (κ2) is 4.44. The van der Waals surface area contributed by atoms with Crippen molar-refractivity contribution < 1.29 is 14.0 Å². The molecule has 6 heteroatoms. The zero-order valence-electron chi connectivity index (χ0n) is 9.92. The molecule has 0 aliphatic rings. The van der Waals surface area contributed by atoms with Crippen molar-refractivity contribution in [1.29, 1.82) is 0 Å². The smallest absolute Gasteiger partial charge is 0.259 e. The zero-order valence-corrected chi connectivity index (χ0v) is 10.7.